The third-order valence-electron chi connectivity index (χ3n) is 2.27. The first-order chi connectivity index (χ1) is 7.88. The van der Waals surface area contributed by atoms with Gasteiger partial charge in [-0.1, -0.05) is 12.1 Å². The molecule has 1 aromatic heterocycles. The van der Waals surface area contributed by atoms with Gasteiger partial charge in [-0.25, -0.2) is 0 Å². The molecule has 2 aromatic rings. The summed E-state index contributed by atoms with van der Waals surface area (Å²) in [4.78, 5) is 0. The summed E-state index contributed by atoms with van der Waals surface area (Å²) in [5.41, 5.74) is 2.93. The van der Waals surface area contributed by atoms with E-state index >= 15 is 0 Å². The fourth-order valence-corrected chi connectivity index (χ4v) is 1.48. The molecule has 0 radical (unpaired) electrons. The van der Waals surface area contributed by atoms with Crippen LogP contribution in [0.3, 0.4) is 0 Å². The molecule has 1 heterocycles. The normalized spacial score (nSPS) is 9.94. The largest absolute Gasteiger partial charge is 0.309 e. The SMILES string of the molecule is N#Cc1cccc(CNCc2cn[nH]c2)c1. The summed E-state index contributed by atoms with van der Waals surface area (Å²) in [5, 5.41) is 18.7. The molecule has 4 nitrogen and oxygen atoms in total. The van der Waals surface area contributed by atoms with E-state index in [9.17, 15) is 0 Å². The number of hydrogen-bond acceptors (Lipinski definition) is 3. The Morgan fingerprint density at radius 2 is 2.19 bits per heavy atom. The van der Waals surface area contributed by atoms with Crippen LogP contribution in [0.25, 0.3) is 0 Å². The predicted molar refractivity (Wildman–Crippen MR) is 60.3 cm³/mol. The summed E-state index contributed by atoms with van der Waals surface area (Å²) in [5.74, 6) is 0. The van der Waals surface area contributed by atoms with Crippen molar-refractivity contribution in [3.05, 3.63) is 53.3 Å². The molecule has 0 aliphatic rings. The highest BCUT2D eigenvalue weighted by molar-refractivity contribution is 5.32. The van der Waals surface area contributed by atoms with Crippen LogP contribution in [0, 0.1) is 11.3 Å². The van der Waals surface area contributed by atoms with Crippen LogP contribution in [0.15, 0.2) is 36.7 Å². The average molecular weight is 212 g/mol. The van der Waals surface area contributed by atoms with Crippen LogP contribution >= 0.6 is 0 Å². The number of hydrogen-bond donors (Lipinski definition) is 2. The second kappa shape index (κ2) is 5.10. The minimum Gasteiger partial charge on any atom is -0.309 e. The van der Waals surface area contributed by atoms with E-state index in [1.54, 1.807) is 12.3 Å². The Balaban J connectivity index is 1.88. The number of aromatic amines is 1. The zero-order chi connectivity index (χ0) is 11.2. The number of nitriles is 1. The zero-order valence-corrected chi connectivity index (χ0v) is 8.77. The molecule has 0 aliphatic heterocycles. The van der Waals surface area contributed by atoms with Crippen molar-refractivity contribution in [3.63, 3.8) is 0 Å². The van der Waals surface area contributed by atoms with Crippen molar-refractivity contribution in [2.75, 3.05) is 0 Å². The van der Waals surface area contributed by atoms with Crippen molar-refractivity contribution < 1.29 is 0 Å². The number of nitrogens with one attached hydrogen (secondary N) is 2. The Morgan fingerprint density at radius 1 is 1.31 bits per heavy atom. The lowest BCUT2D eigenvalue weighted by molar-refractivity contribution is 0.693. The van der Waals surface area contributed by atoms with Gasteiger partial charge in [-0.2, -0.15) is 10.4 Å². The van der Waals surface area contributed by atoms with Crippen LogP contribution in [-0.2, 0) is 13.1 Å². The molecule has 0 aliphatic carbocycles. The number of benzene rings is 1. The van der Waals surface area contributed by atoms with Crippen molar-refractivity contribution in [2.45, 2.75) is 13.1 Å². The van der Waals surface area contributed by atoms with Gasteiger partial charge in [0.15, 0.2) is 0 Å². The van der Waals surface area contributed by atoms with E-state index in [1.165, 1.54) is 0 Å². The number of nitrogens with zero attached hydrogens (tertiary/aromatic N) is 2. The third kappa shape index (κ3) is 2.69. The molecule has 0 amide bonds. The summed E-state index contributed by atoms with van der Waals surface area (Å²) in [6.45, 7) is 1.52. The smallest absolute Gasteiger partial charge is 0.0991 e. The molecule has 0 bridgehead atoms. The van der Waals surface area contributed by atoms with Crippen LogP contribution in [0.5, 0.6) is 0 Å². The lowest BCUT2D eigenvalue weighted by Gasteiger charge is -2.03. The third-order valence-corrected chi connectivity index (χ3v) is 2.27. The molecule has 0 atom stereocenters. The monoisotopic (exact) mass is 212 g/mol. The number of aromatic nitrogens is 2. The first-order valence-electron chi connectivity index (χ1n) is 5.06. The van der Waals surface area contributed by atoms with E-state index in [2.05, 4.69) is 21.6 Å². The lowest BCUT2D eigenvalue weighted by atomic mass is 10.1. The highest BCUT2D eigenvalue weighted by Gasteiger charge is 1.96. The number of H-pyrrole nitrogens is 1. The van der Waals surface area contributed by atoms with Gasteiger partial charge in [0.1, 0.15) is 0 Å². The summed E-state index contributed by atoms with van der Waals surface area (Å²) < 4.78 is 0. The number of rotatable bonds is 4. The molecule has 16 heavy (non-hydrogen) atoms. The molecular formula is C12H12N4. The van der Waals surface area contributed by atoms with Crippen molar-refractivity contribution >= 4 is 0 Å². The summed E-state index contributed by atoms with van der Waals surface area (Å²) in [7, 11) is 0. The van der Waals surface area contributed by atoms with Gasteiger partial charge in [0.25, 0.3) is 0 Å². The van der Waals surface area contributed by atoms with E-state index < -0.39 is 0 Å². The molecule has 80 valence electrons. The van der Waals surface area contributed by atoms with Gasteiger partial charge >= 0.3 is 0 Å². The fraction of sp³-hybridized carbons (Fsp3) is 0.167. The Kier molecular flexibility index (Phi) is 3.31. The van der Waals surface area contributed by atoms with Gasteiger partial charge < -0.3 is 5.32 Å². The Labute approximate surface area is 93.9 Å². The highest BCUT2D eigenvalue weighted by atomic mass is 15.1. The Hall–Kier alpha value is -2.12. The molecule has 0 unspecified atom stereocenters. The van der Waals surface area contributed by atoms with Gasteiger partial charge in [-0.05, 0) is 17.7 Å². The molecule has 4 heteroatoms. The van der Waals surface area contributed by atoms with E-state index in [0.717, 1.165) is 24.2 Å². The molecule has 2 rings (SSSR count). The van der Waals surface area contributed by atoms with Crippen LogP contribution in [0.4, 0.5) is 0 Å². The second-order valence-corrected chi connectivity index (χ2v) is 3.52. The van der Waals surface area contributed by atoms with Gasteiger partial charge in [-0.3, -0.25) is 5.10 Å². The summed E-state index contributed by atoms with van der Waals surface area (Å²) in [6, 6.07) is 9.72. The van der Waals surface area contributed by atoms with E-state index in [4.69, 9.17) is 5.26 Å². The summed E-state index contributed by atoms with van der Waals surface area (Å²) in [6.07, 6.45) is 3.65. The molecule has 0 saturated carbocycles. The molecule has 0 fully saturated rings. The first-order valence-corrected chi connectivity index (χ1v) is 5.06. The van der Waals surface area contributed by atoms with Crippen molar-refractivity contribution in [3.8, 4) is 6.07 Å². The maximum Gasteiger partial charge on any atom is 0.0991 e. The van der Waals surface area contributed by atoms with Crippen molar-refractivity contribution in [1.29, 1.82) is 5.26 Å². The lowest BCUT2D eigenvalue weighted by Crippen LogP contribution is -2.12. The molecule has 0 saturated heterocycles. The zero-order valence-electron chi connectivity index (χ0n) is 8.77. The van der Waals surface area contributed by atoms with Crippen LogP contribution in [-0.4, -0.2) is 10.2 Å². The molecule has 1 aromatic carbocycles. The van der Waals surface area contributed by atoms with Gasteiger partial charge in [0, 0.05) is 24.8 Å². The Bertz CT molecular complexity index is 482. The molecule has 2 N–H and O–H groups in total. The predicted octanol–water partition coefficient (Wildman–Crippen LogP) is 1.57. The van der Waals surface area contributed by atoms with Crippen molar-refractivity contribution in [2.24, 2.45) is 0 Å². The first kappa shape index (κ1) is 10.4. The van der Waals surface area contributed by atoms with E-state index in [1.807, 2.05) is 24.4 Å². The maximum absolute atomic E-state index is 8.75. The highest BCUT2D eigenvalue weighted by Crippen LogP contribution is 2.04. The quantitative estimate of drug-likeness (QED) is 0.808. The average Bonchev–Trinajstić information content (AvgIpc) is 2.82. The molecule has 0 spiro atoms. The minimum absolute atomic E-state index is 0.697. The fourth-order valence-electron chi connectivity index (χ4n) is 1.48. The van der Waals surface area contributed by atoms with Gasteiger partial charge in [-0.15, -0.1) is 0 Å². The minimum atomic E-state index is 0.697. The van der Waals surface area contributed by atoms with E-state index in [0.29, 0.717) is 5.56 Å². The van der Waals surface area contributed by atoms with Crippen LogP contribution in [0.2, 0.25) is 0 Å². The summed E-state index contributed by atoms with van der Waals surface area (Å²) >= 11 is 0. The van der Waals surface area contributed by atoms with Crippen LogP contribution < -0.4 is 5.32 Å². The standard InChI is InChI=1S/C12H12N4/c13-5-10-2-1-3-11(4-10)6-14-7-12-8-15-16-9-12/h1-4,8-9,14H,6-7H2,(H,15,16). The Morgan fingerprint density at radius 3 is 2.94 bits per heavy atom. The van der Waals surface area contributed by atoms with Crippen LogP contribution in [0.1, 0.15) is 16.7 Å². The van der Waals surface area contributed by atoms with Gasteiger partial charge in [0.2, 0.25) is 0 Å². The second-order valence-electron chi connectivity index (χ2n) is 3.52. The maximum atomic E-state index is 8.75. The van der Waals surface area contributed by atoms with Crippen molar-refractivity contribution in [1.82, 2.24) is 15.5 Å². The van der Waals surface area contributed by atoms with E-state index in [-0.39, 0.29) is 0 Å². The van der Waals surface area contributed by atoms with Gasteiger partial charge in [0.05, 0.1) is 17.8 Å². The topological polar surface area (TPSA) is 64.5 Å². The molecular weight excluding hydrogens is 200 g/mol.